The first-order valence-electron chi connectivity index (χ1n) is 10.8. The normalized spacial score (nSPS) is 13.3. The molecular weight excluding hydrogens is 567 g/mol. The summed E-state index contributed by atoms with van der Waals surface area (Å²) >= 11 is 0. The molecule has 0 saturated heterocycles. The number of hydrogen-bond donors (Lipinski definition) is 0. The largest absolute Gasteiger partial charge is 0.433 e. The molecule has 39 heavy (non-hydrogen) atoms. The van der Waals surface area contributed by atoms with Crippen LogP contribution in [0.4, 0.5) is 39.5 Å². The topological polar surface area (TPSA) is 77.7 Å². The fourth-order valence-corrected chi connectivity index (χ4v) is 4.80. The average Bonchev–Trinajstić information content (AvgIpc) is 3.17. The van der Waals surface area contributed by atoms with Gasteiger partial charge in [0.05, 0.1) is 44.7 Å². The fourth-order valence-electron chi connectivity index (χ4n) is 3.76. The molecule has 3 aromatic heterocycles. The van der Waals surface area contributed by atoms with E-state index in [1.54, 1.807) is 0 Å². The summed E-state index contributed by atoms with van der Waals surface area (Å²) in [7, 11) is -3.17. The van der Waals surface area contributed by atoms with Gasteiger partial charge in [-0.25, -0.2) is 23.4 Å². The number of hydrogen-bond acceptors (Lipinski definition) is 5. The van der Waals surface area contributed by atoms with E-state index in [-0.39, 0.29) is 11.0 Å². The lowest BCUT2D eigenvalue weighted by molar-refractivity contribution is -0.141. The number of aryl methyl sites for hydroxylation is 1. The first-order chi connectivity index (χ1) is 17.8. The van der Waals surface area contributed by atoms with Crippen LogP contribution >= 0.6 is 0 Å². The zero-order valence-electron chi connectivity index (χ0n) is 19.7. The summed E-state index contributed by atoms with van der Waals surface area (Å²) in [6.45, 7) is 1.16. The predicted octanol–water partition coefficient (Wildman–Crippen LogP) is 6.55. The summed E-state index contributed by atoms with van der Waals surface area (Å²) in [6.07, 6.45) is -14.0. The molecule has 0 saturated carbocycles. The molecule has 4 rings (SSSR count). The summed E-state index contributed by atoms with van der Waals surface area (Å²) in [5, 5.41) is 0. The number of benzene rings is 1. The molecular formula is C23H15F9N4O2S. The van der Waals surface area contributed by atoms with Gasteiger partial charge in [-0.2, -0.15) is 39.5 Å². The summed E-state index contributed by atoms with van der Waals surface area (Å²) < 4.78 is 147. The van der Waals surface area contributed by atoms with E-state index in [4.69, 9.17) is 0 Å². The molecule has 0 amide bonds. The molecule has 208 valence electrons. The van der Waals surface area contributed by atoms with Crippen molar-refractivity contribution in [1.29, 1.82) is 0 Å². The van der Waals surface area contributed by atoms with Gasteiger partial charge in [0.2, 0.25) is 0 Å². The van der Waals surface area contributed by atoms with Crippen LogP contribution in [0.5, 0.6) is 0 Å². The van der Waals surface area contributed by atoms with Crippen LogP contribution in [0.15, 0.2) is 47.5 Å². The van der Waals surface area contributed by atoms with Gasteiger partial charge < -0.3 is 4.57 Å². The number of aromatic nitrogens is 4. The molecule has 0 unspecified atom stereocenters. The third-order valence-electron chi connectivity index (χ3n) is 5.76. The Balaban J connectivity index is 2.07. The molecule has 1 aromatic carbocycles. The highest BCUT2D eigenvalue weighted by Crippen LogP contribution is 2.41. The van der Waals surface area contributed by atoms with E-state index in [2.05, 4.69) is 15.0 Å². The summed E-state index contributed by atoms with van der Waals surface area (Å²) in [5.74, 6) is -1.07. The van der Waals surface area contributed by atoms with Crippen LogP contribution in [0.25, 0.3) is 33.8 Å². The molecule has 0 atom stereocenters. The highest BCUT2D eigenvalue weighted by molar-refractivity contribution is 7.91. The number of fused-ring (bicyclic) bond motifs is 1. The summed E-state index contributed by atoms with van der Waals surface area (Å²) in [6, 6.07) is 3.43. The van der Waals surface area contributed by atoms with Crippen molar-refractivity contribution in [1.82, 2.24) is 19.5 Å². The lowest BCUT2D eigenvalue weighted by Crippen LogP contribution is -2.15. The number of nitrogens with zero attached hydrogens (tertiary/aromatic N) is 4. The second-order valence-electron chi connectivity index (χ2n) is 8.26. The smallest absolute Gasteiger partial charge is 0.324 e. The van der Waals surface area contributed by atoms with E-state index in [1.807, 2.05) is 0 Å². The van der Waals surface area contributed by atoms with Gasteiger partial charge in [-0.15, -0.1) is 0 Å². The van der Waals surface area contributed by atoms with Gasteiger partial charge in [0.1, 0.15) is 11.4 Å². The van der Waals surface area contributed by atoms with E-state index in [0.717, 1.165) is 29.8 Å². The van der Waals surface area contributed by atoms with Crippen LogP contribution in [-0.4, -0.2) is 33.7 Å². The van der Waals surface area contributed by atoms with Crippen LogP contribution < -0.4 is 0 Å². The van der Waals surface area contributed by atoms with Gasteiger partial charge in [-0.05, 0) is 24.3 Å². The minimum absolute atomic E-state index is 0.0179. The van der Waals surface area contributed by atoms with E-state index in [0.29, 0.717) is 24.3 Å². The van der Waals surface area contributed by atoms with E-state index < -0.39 is 78.6 Å². The minimum atomic E-state index is -5.18. The monoisotopic (exact) mass is 582 g/mol. The van der Waals surface area contributed by atoms with Crippen molar-refractivity contribution in [2.24, 2.45) is 7.05 Å². The van der Waals surface area contributed by atoms with Gasteiger partial charge >= 0.3 is 18.5 Å². The van der Waals surface area contributed by atoms with Crippen molar-refractivity contribution in [3.8, 4) is 22.8 Å². The van der Waals surface area contributed by atoms with Crippen molar-refractivity contribution >= 4 is 20.9 Å². The number of imidazole rings is 1. The maximum absolute atomic E-state index is 14.1. The Morgan fingerprint density at radius 2 is 1.44 bits per heavy atom. The molecule has 0 bridgehead atoms. The number of halogens is 9. The molecule has 0 spiro atoms. The van der Waals surface area contributed by atoms with E-state index in [9.17, 15) is 47.9 Å². The number of rotatable bonds is 4. The van der Waals surface area contributed by atoms with Crippen LogP contribution in [0.2, 0.25) is 0 Å². The summed E-state index contributed by atoms with van der Waals surface area (Å²) in [4.78, 5) is 10.3. The molecule has 4 aromatic rings. The third kappa shape index (κ3) is 5.29. The minimum Gasteiger partial charge on any atom is -0.324 e. The van der Waals surface area contributed by atoms with Crippen molar-refractivity contribution in [2.45, 2.75) is 30.3 Å². The molecule has 3 heterocycles. The van der Waals surface area contributed by atoms with Crippen molar-refractivity contribution in [3.05, 3.63) is 59.4 Å². The molecule has 16 heteroatoms. The van der Waals surface area contributed by atoms with Crippen molar-refractivity contribution < 1.29 is 47.9 Å². The Morgan fingerprint density at radius 3 is 1.95 bits per heavy atom. The quantitative estimate of drug-likeness (QED) is 0.255. The summed E-state index contributed by atoms with van der Waals surface area (Å²) in [5.41, 5.74) is -6.27. The Morgan fingerprint density at radius 1 is 0.821 bits per heavy atom. The Bertz CT molecular complexity index is 1670. The molecule has 0 aliphatic heterocycles. The second kappa shape index (κ2) is 9.20. The van der Waals surface area contributed by atoms with Gasteiger partial charge in [-0.3, -0.25) is 0 Å². The van der Waals surface area contributed by atoms with Gasteiger partial charge in [-0.1, -0.05) is 19.1 Å². The molecule has 0 fully saturated rings. The maximum atomic E-state index is 14.1. The second-order valence-corrected chi connectivity index (χ2v) is 10.5. The third-order valence-corrected chi connectivity index (χ3v) is 7.50. The van der Waals surface area contributed by atoms with E-state index in [1.165, 1.54) is 7.05 Å². The number of pyridine rings is 2. The van der Waals surface area contributed by atoms with Gasteiger partial charge in [0.15, 0.2) is 15.7 Å². The molecule has 0 radical (unpaired) electrons. The zero-order chi connectivity index (χ0) is 29.1. The highest BCUT2D eigenvalue weighted by atomic mass is 32.2. The predicted molar refractivity (Wildman–Crippen MR) is 120 cm³/mol. The Hall–Kier alpha value is -3.69. The average molecular weight is 582 g/mol. The van der Waals surface area contributed by atoms with Crippen LogP contribution in [0.3, 0.4) is 0 Å². The molecule has 0 aliphatic rings. The first-order valence-corrected chi connectivity index (χ1v) is 12.4. The Labute approximate surface area is 214 Å². The standard InChI is InChI=1S/C23H15F9N4O2S/c1-3-39(37,38)16-8-13(22(27,28)29)18(11-4-6-12(7-5-11)21(24,25)26)35-19(16)20-34-14-9-17(23(30,31)32)33-10-15(14)36(20)2/h4-10H,3H2,1-2H3. The maximum Gasteiger partial charge on any atom is 0.433 e. The van der Waals surface area contributed by atoms with Crippen molar-refractivity contribution in [3.63, 3.8) is 0 Å². The SMILES string of the molecule is CCS(=O)(=O)c1cc(C(F)(F)F)c(-c2ccc(C(F)(F)F)cc2)nc1-c1nc2cc(C(F)(F)F)ncc2n1C. The van der Waals surface area contributed by atoms with Crippen LogP contribution in [0, 0.1) is 0 Å². The number of alkyl halides is 9. The lowest BCUT2D eigenvalue weighted by atomic mass is 10.0. The molecule has 6 nitrogen and oxygen atoms in total. The molecule has 0 N–H and O–H groups in total. The fraction of sp³-hybridized carbons (Fsp3) is 0.261. The van der Waals surface area contributed by atoms with E-state index >= 15 is 0 Å². The Kier molecular flexibility index (Phi) is 6.68. The van der Waals surface area contributed by atoms with Crippen molar-refractivity contribution in [2.75, 3.05) is 5.75 Å². The lowest BCUT2D eigenvalue weighted by Gasteiger charge is -2.18. The van der Waals surface area contributed by atoms with Gasteiger partial charge in [0.25, 0.3) is 0 Å². The highest BCUT2D eigenvalue weighted by Gasteiger charge is 2.39. The van der Waals surface area contributed by atoms with Gasteiger partial charge in [0, 0.05) is 12.6 Å². The number of sulfone groups is 1. The zero-order valence-corrected chi connectivity index (χ0v) is 20.5. The molecule has 0 aliphatic carbocycles. The van der Waals surface area contributed by atoms with Crippen LogP contribution in [-0.2, 0) is 35.4 Å². The van der Waals surface area contributed by atoms with Crippen LogP contribution in [0.1, 0.15) is 23.7 Å². The first kappa shape index (κ1) is 28.3.